The molecule has 0 saturated carbocycles. The summed E-state index contributed by atoms with van der Waals surface area (Å²) in [6.45, 7) is 4.26. The molecule has 0 spiro atoms. The molecular formula is C13H13ClFN3O. The summed E-state index contributed by atoms with van der Waals surface area (Å²) in [4.78, 5) is 8.17. The molecule has 6 heteroatoms. The number of nitrogens with one attached hydrogen (secondary N) is 1. The number of ether oxygens (including phenoxy) is 1. The minimum Gasteiger partial charge on any atom is -0.478 e. The molecule has 0 fully saturated rings. The van der Waals surface area contributed by atoms with Crippen molar-refractivity contribution in [2.75, 3.05) is 11.9 Å². The van der Waals surface area contributed by atoms with Gasteiger partial charge in [-0.1, -0.05) is 11.6 Å². The first-order chi connectivity index (χ1) is 9.11. The lowest BCUT2D eigenvalue weighted by atomic mass is 10.3. The average molecular weight is 282 g/mol. The molecule has 1 aromatic heterocycles. The first-order valence-electron chi connectivity index (χ1n) is 5.78. The van der Waals surface area contributed by atoms with Crippen molar-refractivity contribution in [3.8, 4) is 5.88 Å². The number of halogens is 2. The number of anilines is 2. The van der Waals surface area contributed by atoms with Gasteiger partial charge >= 0.3 is 0 Å². The Bertz CT molecular complexity index is 592. The zero-order valence-corrected chi connectivity index (χ0v) is 11.3. The largest absolute Gasteiger partial charge is 0.478 e. The highest BCUT2D eigenvalue weighted by molar-refractivity contribution is 6.31. The van der Waals surface area contributed by atoms with Gasteiger partial charge in [-0.05, 0) is 32.0 Å². The van der Waals surface area contributed by atoms with E-state index >= 15 is 0 Å². The van der Waals surface area contributed by atoms with E-state index in [1.807, 2.05) is 13.8 Å². The molecule has 1 N–H and O–H groups in total. The lowest BCUT2D eigenvalue weighted by Gasteiger charge is -2.11. The maximum atomic E-state index is 13.1. The van der Waals surface area contributed by atoms with Crippen LogP contribution < -0.4 is 10.1 Å². The highest BCUT2D eigenvalue weighted by atomic mass is 35.5. The van der Waals surface area contributed by atoms with Crippen molar-refractivity contribution >= 4 is 23.1 Å². The molecule has 0 bridgehead atoms. The zero-order chi connectivity index (χ0) is 13.8. The predicted octanol–water partition coefficient (Wildman–Crippen LogP) is 3.72. The minimum absolute atomic E-state index is 0.0572. The molecule has 4 nitrogen and oxygen atoms in total. The average Bonchev–Trinajstić information content (AvgIpc) is 2.39. The second-order valence-corrected chi connectivity index (χ2v) is 4.25. The molecule has 0 saturated heterocycles. The van der Waals surface area contributed by atoms with Crippen molar-refractivity contribution in [1.29, 1.82) is 0 Å². The van der Waals surface area contributed by atoms with Crippen molar-refractivity contribution in [3.63, 3.8) is 0 Å². The summed E-state index contributed by atoms with van der Waals surface area (Å²) in [7, 11) is 0. The highest BCUT2D eigenvalue weighted by Gasteiger charge is 2.09. The third-order valence-electron chi connectivity index (χ3n) is 2.50. The monoisotopic (exact) mass is 281 g/mol. The number of nitrogens with zero attached hydrogens (tertiary/aromatic N) is 2. The molecule has 2 aromatic rings. The van der Waals surface area contributed by atoms with Crippen LogP contribution in [0.15, 0.2) is 24.5 Å². The number of aromatic nitrogens is 2. The van der Waals surface area contributed by atoms with Gasteiger partial charge in [0.25, 0.3) is 0 Å². The van der Waals surface area contributed by atoms with Crippen LogP contribution in [0.2, 0.25) is 5.02 Å². The van der Waals surface area contributed by atoms with Gasteiger partial charge in [0.1, 0.15) is 18.0 Å². The zero-order valence-electron chi connectivity index (χ0n) is 10.6. The van der Waals surface area contributed by atoms with Crippen LogP contribution >= 0.6 is 11.6 Å². The quantitative estimate of drug-likeness (QED) is 0.928. The van der Waals surface area contributed by atoms with E-state index < -0.39 is 5.82 Å². The second kappa shape index (κ2) is 5.84. The molecule has 0 aliphatic rings. The fraction of sp³-hybridized carbons (Fsp3) is 0.231. The highest BCUT2D eigenvalue weighted by Crippen LogP contribution is 2.26. The molecule has 1 heterocycles. The molecule has 0 atom stereocenters. The van der Waals surface area contributed by atoms with E-state index in [9.17, 15) is 4.39 Å². The van der Waals surface area contributed by atoms with Gasteiger partial charge in [0.15, 0.2) is 0 Å². The number of hydrogen-bond acceptors (Lipinski definition) is 4. The van der Waals surface area contributed by atoms with E-state index in [0.717, 1.165) is 5.56 Å². The van der Waals surface area contributed by atoms with Gasteiger partial charge in [-0.15, -0.1) is 0 Å². The van der Waals surface area contributed by atoms with Crippen LogP contribution in [-0.4, -0.2) is 16.6 Å². The van der Waals surface area contributed by atoms with Crippen LogP contribution in [0.5, 0.6) is 5.88 Å². The number of benzene rings is 1. The maximum Gasteiger partial charge on any atom is 0.221 e. The summed E-state index contributed by atoms with van der Waals surface area (Å²) in [6.07, 6.45) is 1.41. The topological polar surface area (TPSA) is 47.0 Å². The van der Waals surface area contributed by atoms with Crippen molar-refractivity contribution in [1.82, 2.24) is 9.97 Å². The summed E-state index contributed by atoms with van der Waals surface area (Å²) < 4.78 is 18.5. The van der Waals surface area contributed by atoms with E-state index in [0.29, 0.717) is 24.0 Å². The van der Waals surface area contributed by atoms with Gasteiger partial charge in [0.2, 0.25) is 5.88 Å². The Kier molecular flexibility index (Phi) is 4.16. The molecule has 0 amide bonds. The predicted molar refractivity (Wildman–Crippen MR) is 72.6 cm³/mol. The normalized spacial score (nSPS) is 10.3. The fourth-order valence-corrected chi connectivity index (χ4v) is 1.73. The first kappa shape index (κ1) is 13.5. The molecule has 0 aliphatic carbocycles. The summed E-state index contributed by atoms with van der Waals surface area (Å²) in [5.74, 6) is 0.663. The van der Waals surface area contributed by atoms with Crippen molar-refractivity contribution < 1.29 is 9.13 Å². The summed E-state index contributed by atoms with van der Waals surface area (Å²) in [5, 5.41) is 3.11. The molecule has 100 valence electrons. The Balaban J connectivity index is 2.27. The van der Waals surface area contributed by atoms with Gasteiger partial charge in [-0.25, -0.2) is 14.4 Å². The van der Waals surface area contributed by atoms with Crippen LogP contribution in [-0.2, 0) is 0 Å². The molecule has 1 aromatic carbocycles. The summed E-state index contributed by atoms with van der Waals surface area (Å²) in [6, 6.07) is 4.38. The molecule has 0 aliphatic heterocycles. The Hall–Kier alpha value is -1.88. The SMILES string of the molecule is CCOc1ncnc(Nc2ccc(F)c(Cl)c2)c1C. The van der Waals surface area contributed by atoms with Crippen LogP contribution in [0.25, 0.3) is 0 Å². The van der Waals surface area contributed by atoms with E-state index in [-0.39, 0.29) is 5.02 Å². The van der Waals surface area contributed by atoms with Crippen molar-refractivity contribution in [3.05, 3.63) is 40.9 Å². The Morgan fingerprint density at radius 1 is 1.37 bits per heavy atom. The maximum absolute atomic E-state index is 13.1. The van der Waals surface area contributed by atoms with Gasteiger partial charge in [0.05, 0.1) is 17.2 Å². The van der Waals surface area contributed by atoms with Gasteiger partial charge < -0.3 is 10.1 Å². The lowest BCUT2D eigenvalue weighted by Crippen LogP contribution is -2.02. The molecular weight excluding hydrogens is 269 g/mol. The molecule has 0 radical (unpaired) electrons. The Labute approximate surface area is 115 Å². The number of hydrogen-bond donors (Lipinski definition) is 1. The van der Waals surface area contributed by atoms with Crippen LogP contribution in [0.4, 0.5) is 15.9 Å². The Morgan fingerprint density at radius 2 is 2.16 bits per heavy atom. The van der Waals surface area contributed by atoms with Crippen molar-refractivity contribution in [2.24, 2.45) is 0 Å². The molecule has 19 heavy (non-hydrogen) atoms. The minimum atomic E-state index is -0.457. The van der Waals surface area contributed by atoms with Gasteiger partial charge in [0, 0.05) is 5.69 Å². The van der Waals surface area contributed by atoms with Crippen LogP contribution in [0.3, 0.4) is 0 Å². The van der Waals surface area contributed by atoms with Crippen LogP contribution in [0.1, 0.15) is 12.5 Å². The molecule has 2 rings (SSSR count). The lowest BCUT2D eigenvalue weighted by molar-refractivity contribution is 0.324. The summed E-state index contributed by atoms with van der Waals surface area (Å²) in [5.41, 5.74) is 1.43. The third-order valence-corrected chi connectivity index (χ3v) is 2.79. The second-order valence-electron chi connectivity index (χ2n) is 3.84. The van der Waals surface area contributed by atoms with E-state index in [2.05, 4.69) is 15.3 Å². The van der Waals surface area contributed by atoms with Gasteiger partial charge in [-0.2, -0.15) is 0 Å². The first-order valence-corrected chi connectivity index (χ1v) is 6.16. The van der Waals surface area contributed by atoms with Gasteiger partial charge in [-0.3, -0.25) is 0 Å². The smallest absolute Gasteiger partial charge is 0.221 e. The summed E-state index contributed by atoms with van der Waals surface area (Å²) >= 11 is 5.73. The van der Waals surface area contributed by atoms with E-state index in [1.165, 1.54) is 18.5 Å². The van der Waals surface area contributed by atoms with E-state index in [4.69, 9.17) is 16.3 Å². The Morgan fingerprint density at radius 3 is 2.84 bits per heavy atom. The number of rotatable bonds is 4. The fourth-order valence-electron chi connectivity index (χ4n) is 1.55. The van der Waals surface area contributed by atoms with Crippen molar-refractivity contribution in [2.45, 2.75) is 13.8 Å². The van der Waals surface area contributed by atoms with Crippen LogP contribution in [0, 0.1) is 12.7 Å². The molecule has 0 unspecified atom stereocenters. The van der Waals surface area contributed by atoms with E-state index in [1.54, 1.807) is 6.07 Å². The third kappa shape index (κ3) is 3.12. The standard InChI is InChI=1S/C13H13ClFN3O/c1-3-19-13-8(2)12(16-7-17-13)18-9-4-5-11(15)10(14)6-9/h4-7H,3H2,1-2H3,(H,16,17,18).